The predicted octanol–water partition coefficient (Wildman–Crippen LogP) is 3.67. The topological polar surface area (TPSA) is 119 Å². The molecule has 8 nitrogen and oxygen atoms in total. The molecule has 8 heteroatoms. The van der Waals surface area contributed by atoms with Crippen LogP contribution in [0, 0.1) is 17.8 Å². The van der Waals surface area contributed by atoms with Crippen molar-refractivity contribution in [2.24, 2.45) is 23.5 Å². The molecule has 1 aromatic carbocycles. The minimum absolute atomic E-state index is 0.0319. The highest BCUT2D eigenvalue weighted by atomic mass is 16.5. The Balaban J connectivity index is 3.14. The molecular weight excluding hydrogens is 434 g/mol. The summed E-state index contributed by atoms with van der Waals surface area (Å²) < 4.78 is 5.28. The van der Waals surface area contributed by atoms with Gasteiger partial charge in [0.05, 0.1) is 12.1 Å². The standard InChI is InChI=1S/C26H41N3O5/c1-17(2)12-21(15-30)29(24(31)22(27)13-18(3)4)25(32)23(14-19(5)6)28-26(33)34-16-20-10-8-7-9-11-20/h7-11,15,17-19,21-23H,12-14,16,27H2,1-6H3,(H,28,33). The molecule has 3 amide bonds. The maximum Gasteiger partial charge on any atom is 0.408 e. The molecule has 0 heterocycles. The third-order valence-corrected chi connectivity index (χ3v) is 5.23. The van der Waals surface area contributed by atoms with E-state index in [1.54, 1.807) is 0 Å². The van der Waals surface area contributed by atoms with E-state index in [2.05, 4.69) is 5.32 Å². The number of hydrogen-bond acceptors (Lipinski definition) is 6. The van der Waals surface area contributed by atoms with Crippen LogP contribution in [-0.2, 0) is 25.7 Å². The molecule has 0 radical (unpaired) electrons. The number of nitrogens with two attached hydrogens (primary N) is 1. The molecule has 0 bridgehead atoms. The maximum absolute atomic E-state index is 13.6. The number of nitrogens with zero attached hydrogens (tertiary/aromatic N) is 1. The smallest absolute Gasteiger partial charge is 0.408 e. The Kier molecular flexibility index (Phi) is 12.5. The molecule has 0 aliphatic heterocycles. The Hall–Kier alpha value is -2.74. The van der Waals surface area contributed by atoms with Gasteiger partial charge >= 0.3 is 6.09 Å². The molecule has 1 aromatic rings. The minimum Gasteiger partial charge on any atom is -0.445 e. The number of nitrogens with one attached hydrogen (secondary N) is 1. The van der Waals surface area contributed by atoms with E-state index >= 15 is 0 Å². The predicted molar refractivity (Wildman–Crippen MR) is 132 cm³/mol. The largest absolute Gasteiger partial charge is 0.445 e. The number of carbonyl (C=O) groups is 4. The van der Waals surface area contributed by atoms with Gasteiger partial charge in [-0.3, -0.25) is 14.5 Å². The first-order chi connectivity index (χ1) is 16.0. The zero-order valence-electron chi connectivity index (χ0n) is 21.3. The van der Waals surface area contributed by atoms with Gasteiger partial charge in [-0.1, -0.05) is 71.9 Å². The second-order valence-electron chi connectivity index (χ2n) is 10.0. The molecule has 3 atom stereocenters. The van der Waals surface area contributed by atoms with Crippen molar-refractivity contribution in [1.29, 1.82) is 0 Å². The fourth-order valence-corrected chi connectivity index (χ4v) is 3.70. The second-order valence-corrected chi connectivity index (χ2v) is 10.0. The van der Waals surface area contributed by atoms with Crippen molar-refractivity contribution < 1.29 is 23.9 Å². The third kappa shape index (κ3) is 10.0. The van der Waals surface area contributed by atoms with Crippen LogP contribution in [0.4, 0.5) is 4.79 Å². The summed E-state index contributed by atoms with van der Waals surface area (Å²) in [6.45, 7) is 11.5. The third-order valence-electron chi connectivity index (χ3n) is 5.23. The van der Waals surface area contributed by atoms with Crippen LogP contribution in [0.5, 0.6) is 0 Å². The number of imide groups is 1. The van der Waals surface area contributed by atoms with Crippen molar-refractivity contribution in [3.05, 3.63) is 35.9 Å². The second kappa shape index (κ2) is 14.5. The Bertz CT molecular complexity index is 795. The Morgan fingerprint density at radius 3 is 1.97 bits per heavy atom. The highest BCUT2D eigenvalue weighted by Crippen LogP contribution is 2.18. The number of ether oxygens (including phenoxy) is 1. The summed E-state index contributed by atoms with van der Waals surface area (Å²) >= 11 is 0. The highest BCUT2D eigenvalue weighted by Gasteiger charge is 2.38. The van der Waals surface area contributed by atoms with Crippen LogP contribution in [0.15, 0.2) is 30.3 Å². The number of rotatable bonds is 13. The lowest BCUT2D eigenvalue weighted by Crippen LogP contribution is -2.58. The quantitative estimate of drug-likeness (QED) is 0.420. The Labute approximate surface area is 203 Å². The molecule has 0 aliphatic rings. The SMILES string of the molecule is CC(C)CC(N)C(=O)N(C(=O)C(CC(C)C)NC(=O)OCc1ccccc1)C(C=O)CC(C)C. The van der Waals surface area contributed by atoms with E-state index in [1.807, 2.05) is 71.9 Å². The molecule has 0 saturated carbocycles. The van der Waals surface area contributed by atoms with Gasteiger partial charge in [-0.05, 0) is 42.6 Å². The number of aldehydes is 1. The van der Waals surface area contributed by atoms with Crippen LogP contribution >= 0.6 is 0 Å². The number of amides is 3. The minimum atomic E-state index is -1.03. The van der Waals surface area contributed by atoms with Crippen molar-refractivity contribution in [2.45, 2.75) is 85.5 Å². The van der Waals surface area contributed by atoms with Crippen LogP contribution < -0.4 is 11.1 Å². The number of alkyl carbamates (subject to hydrolysis) is 1. The van der Waals surface area contributed by atoms with Gasteiger partial charge in [0, 0.05) is 0 Å². The molecule has 3 unspecified atom stereocenters. The first-order valence-corrected chi connectivity index (χ1v) is 12.0. The molecule has 3 N–H and O–H groups in total. The van der Waals surface area contributed by atoms with Crippen LogP contribution in [0.1, 0.15) is 66.4 Å². The molecule has 1 rings (SSSR count). The van der Waals surface area contributed by atoms with E-state index in [1.165, 1.54) is 0 Å². The van der Waals surface area contributed by atoms with Gasteiger partial charge in [0.15, 0.2) is 0 Å². The molecule has 0 saturated heterocycles. The average Bonchev–Trinajstić information content (AvgIpc) is 2.76. The molecule has 0 spiro atoms. The first-order valence-electron chi connectivity index (χ1n) is 12.0. The van der Waals surface area contributed by atoms with E-state index in [9.17, 15) is 19.2 Å². The van der Waals surface area contributed by atoms with Gasteiger partial charge in [-0.2, -0.15) is 0 Å². The summed E-state index contributed by atoms with van der Waals surface area (Å²) in [4.78, 5) is 52.3. The van der Waals surface area contributed by atoms with Crippen LogP contribution in [0.25, 0.3) is 0 Å². The van der Waals surface area contributed by atoms with Gasteiger partial charge in [-0.25, -0.2) is 4.79 Å². The summed E-state index contributed by atoms with van der Waals surface area (Å²) in [7, 11) is 0. The van der Waals surface area contributed by atoms with Crippen molar-refractivity contribution in [3.8, 4) is 0 Å². The summed E-state index contributed by atoms with van der Waals surface area (Å²) in [5.41, 5.74) is 6.93. The Morgan fingerprint density at radius 1 is 0.912 bits per heavy atom. The van der Waals surface area contributed by atoms with Crippen molar-refractivity contribution in [1.82, 2.24) is 10.2 Å². The zero-order valence-corrected chi connectivity index (χ0v) is 21.3. The highest BCUT2D eigenvalue weighted by molar-refractivity contribution is 6.02. The van der Waals surface area contributed by atoms with E-state index in [0.29, 0.717) is 19.1 Å². The molecular formula is C26H41N3O5. The number of hydrogen-bond donors (Lipinski definition) is 2. The zero-order chi connectivity index (χ0) is 25.8. The van der Waals surface area contributed by atoms with E-state index in [-0.39, 0.29) is 30.8 Å². The molecule has 0 aromatic heterocycles. The van der Waals surface area contributed by atoms with E-state index < -0.39 is 36.0 Å². The van der Waals surface area contributed by atoms with E-state index in [0.717, 1.165) is 10.5 Å². The first kappa shape index (κ1) is 29.3. The van der Waals surface area contributed by atoms with Gasteiger partial charge in [0.25, 0.3) is 5.91 Å². The fraction of sp³-hybridized carbons (Fsp3) is 0.615. The number of benzene rings is 1. The van der Waals surface area contributed by atoms with Crippen LogP contribution in [-0.4, -0.2) is 47.2 Å². The molecule has 190 valence electrons. The van der Waals surface area contributed by atoms with Gasteiger partial charge < -0.3 is 20.6 Å². The maximum atomic E-state index is 13.6. The van der Waals surface area contributed by atoms with E-state index in [4.69, 9.17) is 10.5 Å². The normalized spacial score (nSPS) is 13.9. The van der Waals surface area contributed by atoms with Crippen LogP contribution in [0.3, 0.4) is 0 Å². The average molecular weight is 476 g/mol. The van der Waals surface area contributed by atoms with Gasteiger partial charge in [0.2, 0.25) is 5.91 Å². The Morgan fingerprint density at radius 2 is 1.47 bits per heavy atom. The van der Waals surface area contributed by atoms with Crippen molar-refractivity contribution in [3.63, 3.8) is 0 Å². The monoisotopic (exact) mass is 475 g/mol. The summed E-state index contributed by atoms with van der Waals surface area (Å²) in [6.07, 6.45) is 0.793. The summed E-state index contributed by atoms with van der Waals surface area (Å²) in [5, 5.41) is 2.60. The lowest BCUT2D eigenvalue weighted by atomic mass is 9.97. The molecule has 0 aliphatic carbocycles. The number of carbonyl (C=O) groups excluding carboxylic acids is 4. The van der Waals surface area contributed by atoms with Crippen molar-refractivity contribution >= 4 is 24.2 Å². The van der Waals surface area contributed by atoms with Gasteiger partial charge in [0.1, 0.15) is 18.9 Å². The summed E-state index contributed by atoms with van der Waals surface area (Å²) in [5.74, 6) is -1.03. The van der Waals surface area contributed by atoms with Crippen LogP contribution in [0.2, 0.25) is 0 Å². The molecule has 0 fully saturated rings. The lowest BCUT2D eigenvalue weighted by molar-refractivity contribution is -0.152. The summed E-state index contributed by atoms with van der Waals surface area (Å²) in [6, 6.07) is 6.24. The lowest BCUT2D eigenvalue weighted by Gasteiger charge is -2.33. The van der Waals surface area contributed by atoms with Crippen molar-refractivity contribution in [2.75, 3.05) is 0 Å². The molecule has 34 heavy (non-hydrogen) atoms. The fourth-order valence-electron chi connectivity index (χ4n) is 3.70. The van der Waals surface area contributed by atoms with Gasteiger partial charge in [-0.15, -0.1) is 0 Å².